The molecule has 0 unspecified atom stereocenters. The first-order chi connectivity index (χ1) is 13.0. The maximum Gasteiger partial charge on any atom is 0.242 e. The van der Waals surface area contributed by atoms with Crippen LogP contribution in [0.1, 0.15) is 19.7 Å². The van der Waals surface area contributed by atoms with Gasteiger partial charge in [0.1, 0.15) is 24.7 Å². The van der Waals surface area contributed by atoms with Crippen LogP contribution in [-0.2, 0) is 17.9 Å². The minimum atomic E-state index is 0.0499. The summed E-state index contributed by atoms with van der Waals surface area (Å²) in [7, 11) is 0. The second-order valence-corrected chi connectivity index (χ2v) is 6.88. The van der Waals surface area contributed by atoms with Crippen LogP contribution in [0.15, 0.2) is 42.5 Å². The molecule has 1 heterocycles. The zero-order valence-corrected chi connectivity index (χ0v) is 16.8. The number of amides is 1. The van der Waals surface area contributed by atoms with E-state index in [2.05, 4.69) is 4.98 Å². The van der Waals surface area contributed by atoms with Crippen molar-refractivity contribution in [3.05, 3.63) is 58.3 Å². The van der Waals surface area contributed by atoms with Crippen molar-refractivity contribution in [1.29, 1.82) is 0 Å². The topological polar surface area (TPSA) is 47.4 Å². The monoisotopic (exact) mass is 405 g/mol. The van der Waals surface area contributed by atoms with Crippen LogP contribution in [0.4, 0.5) is 0 Å². The standard InChI is InChI=1S/C20H21Cl2N3O2/c1-3-24(4-2)20(26)12-25-17-8-6-5-7-16(17)23-19(25)13-27-18-10-9-14(21)11-15(18)22/h5-11H,3-4,12-13H2,1-2H3. The first kappa shape index (κ1) is 19.5. The summed E-state index contributed by atoms with van der Waals surface area (Å²) in [6.07, 6.45) is 0. The van der Waals surface area contributed by atoms with Gasteiger partial charge in [0, 0.05) is 18.1 Å². The van der Waals surface area contributed by atoms with Gasteiger partial charge < -0.3 is 14.2 Å². The number of hydrogen-bond donors (Lipinski definition) is 0. The first-order valence-corrected chi connectivity index (χ1v) is 9.58. The number of ether oxygens (including phenoxy) is 1. The lowest BCUT2D eigenvalue weighted by atomic mass is 10.3. The molecule has 5 nitrogen and oxygen atoms in total. The fraction of sp³-hybridized carbons (Fsp3) is 0.300. The van der Waals surface area contributed by atoms with E-state index in [4.69, 9.17) is 27.9 Å². The molecule has 0 aliphatic carbocycles. The highest BCUT2D eigenvalue weighted by atomic mass is 35.5. The number of carbonyl (C=O) groups is 1. The van der Waals surface area contributed by atoms with Crippen molar-refractivity contribution < 1.29 is 9.53 Å². The molecule has 2 aromatic carbocycles. The van der Waals surface area contributed by atoms with Crippen molar-refractivity contribution in [3.8, 4) is 5.75 Å². The molecule has 3 rings (SSSR count). The molecule has 0 aliphatic heterocycles. The van der Waals surface area contributed by atoms with Gasteiger partial charge in [0.05, 0.1) is 16.1 Å². The molecular weight excluding hydrogens is 385 g/mol. The van der Waals surface area contributed by atoms with Crippen LogP contribution in [0.5, 0.6) is 5.75 Å². The number of nitrogens with zero attached hydrogens (tertiary/aromatic N) is 3. The lowest BCUT2D eigenvalue weighted by molar-refractivity contribution is -0.131. The van der Waals surface area contributed by atoms with E-state index >= 15 is 0 Å². The fourth-order valence-electron chi connectivity index (χ4n) is 2.96. The molecule has 0 fully saturated rings. The van der Waals surface area contributed by atoms with Gasteiger partial charge in [0.25, 0.3) is 0 Å². The third kappa shape index (κ3) is 4.37. The van der Waals surface area contributed by atoms with Gasteiger partial charge in [-0.3, -0.25) is 4.79 Å². The molecule has 0 atom stereocenters. The Morgan fingerprint density at radius 2 is 1.89 bits per heavy atom. The number of aromatic nitrogens is 2. The fourth-order valence-corrected chi connectivity index (χ4v) is 3.42. The minimum Gasteiger partial charge on any atom is -0.484 e. The molecule has 0 saturated heterocycles. The Morgan fingerprint density at radius 3 is 2.59 bits per heavy atom. The molecule has 1 amide bonds. The molecule has 3 aromatic rings. The molecule has 0 radical (unpaired) electrons. The predicted octanol–water partition coefficient (Wildman–Crippen LogP) is 4.79. The Bertz CT molecular complexity index is 952. The third-order valence-electron chi connectivity index (χ3n) is 4.39. The largest absolute Gasteiger partial charge is 0.484 e. The number of rotatable bonds is 7. The Kier molecular flexibility index (Phi) is 6.24. The van der Waals surface area contributed by atoms with Gasteiger partial charge >= 0.3 is 0 Å². The summed E-state index contributed by atoms with van der Waals surface area (Å²) in [5.41, 5.74) is 1.73. The third-order valence-corrected chi connectivity index (χ3v) is 4.92. The van der Waals surface area contributed by atoms with E-state index in [9.17, 15) is 4.79 Å². The van der Waals surface area contributed by atoms with Gasteiger partial charge in [-0.05, 0) is 44.2 Å². The second-order valence-electron chi connectivity index (χ2n) is 6.03. The first-order valence-electron chi connectivity index (χ1n) is 8.83. The minimum absolute atomic E-state index is 0.0499. The van der Waals surface area contributed by atoms with Gasteiger partial charge in [0.15, 0.2) is 0 Å². The van der Waals surface area contributed by atoms with Crippen LogP contribution in [0, 0.1) is 0 Å². The highest BCUT2D eigenvalue weighted by Crippen LogP contribution is 2.28. The summed E-state index contributed by atoms with van der Waals surface area (Å²) in [4.78, 5) is 19.1. The summed E-state index contributed by atoms with van der Waals surface area (Å²) in [6.45, 7) is 5.71. The van der Waals surface area contributed by atoms with Crippen LogP contribution in [0.3, 0.4) is 0 Å². The van der Waals surface area contributed by atoms with Crippen molar-refractivity contribution in [1.82, 2.24) is 14.5 Å². The molecule has 0 saturated carbocycles. The van der Waals surface area contributed by atoms with Crippen LogP contribution < -0.4 is 4.74 Å². The molecule has 1 aromatic heterocycles. The van der Waals surface area contributed by atoms with Crippen LogP contribution in [0.2, 0.25) is 10.0 Å². The summed E-state index contributed by atoms with van der Waals surface area (Å²) < 4.78 is 7.75. The summed E-state index contributed by atoms with van der Waals surface area (Å²) in [6, 6.07) is 12.8. The average Bonchev–Trinajstić information content (AvgIpc) is 3.00. The number of likely N-dealkylation sites (N-methyl/N-ethyl adjacent to an activating group) is 1. The number of para-hydroxylation sites is 2. The maximum atomic E-state index is 12.6. The SMILES string of the molecule is CCN(CC)C(=O)Cn1c(COc2ccc(Cl)cc2Cl)nc2ccccc21. The van der Waals surface area contributed by atoms with Gasteiger partial charge in [-0.15, -0.1) is 0 Å². The Labute approximate surface area is 168 Å². The maximum absolute atomic E-state index is 12.6. The Balaban J connectivity index is 1.89. The van der Waals surface area contributed by atoms with E-state index < -0.39 is 0 Å². The highest BCUT2D eigenvalue weighted by Gasteiger charge is 2.17. The molecular formula is C20H21Cl2N3O2. The van der Waals surface area contributed by atoms with E-state index in [1.165, 1.54) is 0 Å². The molecule has 0 bridgehead atoms. The van der Waals surface area contributed by atoms with Crippen LogP contribution in [-0.4, -0.2) is 33.4 Å². The number of hydrogen-bond acceptors (Lipinski definition) is 3. The molecule has 27 heavy (non-hydrogen) atoms. The van der Waals surface area contributed by atoms with E-state index in [1.807, 2.05) is 42.7 Å². The number of imidazole rings is 1. The molecule has 7 heteroatoms. The van der Waals surface area contributed by atoms with E-state index in [-0.39, 0.29) is 19.1 Å². The van der Waals surface area contributed by atoms with Gasteiger partial charge in [-0.25, -0.2) is 4.98 Å². The Morgan fingerprint density at radius 1 is 1.15 bits per heavy atom. The van der Waals surface area contributed by atoms with E-state index in [1.54, 1.807) is 23.1 Å². The smallest absolute Gasteiger partial charge is 0.242 e. The second kappa shape index (κ2) is 8.63. The number of fused-ring (bicyclic) bond motifs is 1. The van der Waals surface area contributed by atoms with E-state index in [0.29, 0.717) is 34.7 Å². The van der Waals surface area contributed by atoms with Crippen LogP contribution >= 0.6 is 23.2 Å². The summed E-state index contributed by atoms with van der Waals surface area (Å²) in [5.74, 6) is 1.24. The van der Waals surface area contributed by atoms with E-state index in [0.717, 1.165) is 11.0 Å². The van der Waals surface area contributed by atoms with Gasteiger partial charge in [0.2, 0.25) is 5.91 Å². The lowest BCUT2D eigenvalue weighted by Crippen LogP contribution is -2.33. The molecule has 0 aliphatic rings. The Hall–Kier alpha value is -2.24. The molecule has 0 spiro atoms. The zero-order chi connectivity index (χ0) is 19.4. The van der Waals surface area contributed by atoms with Crippen molar-refractivity contribution in [3.63, 3.8) is 0 Å². The molecule has 142 valence electrons. The number of benzene rings is 2. The average molecular weight is 406 g/mol. The van der Waals surface area contributed by atoms with Crippen molar-refractivity contribution >= 4 is 40.1 Å². The normalized spacial score (nSPS) is 11.0. The van der Waals surface area contributed by atoms with Gasteiger partial charge in [-0.2, -0.15) is 0 Å². The van der Waals surface area contributed by atoms with Crippen molar-refractivity contribution in [2.24, 2.45) is 0 Å². The van der Waals surface area contributed by atoms with Crippen molar-refractivity contribution in [2.75, 3.05) is 13.1 Å². The quantitative estimate of drug-likeness (QED) is 0.567. The summed E-state index contributed by atoms with van der Waals surface area (Å²) in [5, 5.41) is 0.980. The van der Waals surface area contributed by atoms with Gasteiger partial charge in [-0.1, -0.05) is 35.3 Å². The molecule has 0 N–H and O–H groups in total. The number of carbonyl (C=O) groups excluding carboxylic acids is 1. The van der Waals surface area contributed by atoms with Crippen LogP contribution in [0.25, 0.3) is 11.0 Å². The number of halogens is 2. The predicted molar refractivity (Wildman–Crippen MR) is 108 cm³/mol. The zero-order valence-electron chi connectivity index (χ0n) is 15.3. The highest BCUT2D eigenvalue weighted by molar-refractivity contribution is 6.35. The van der Waals surface area contributed by atoms with Crippen molar-refractivity contribution in [2.45, 2.75) is 27.0 Å². The summed E-state index contributed by atoms with van der Waals surface area (Å²) >= 11 is 12.1. The lowest BCUT2D eigenvalue weighted by Gasteiger charge is -2.20.